The number of esters is 1. The van der Waals surface area contributed by atoms with Crippen molar-refractivity contribution in [1.29, 1.82) is 0 Å². The number of rotatable bonds is 10. The molecule has 0 saturated carbocycles. The smallest absolute Gasteiger partial charge is 0.308 e. The molecule has 38 heavy (non-hydrogen) atoms. The molecule has 0 radical (unpaired) electrons. The molecule has 0 aromatic rings. The van der Waals surface area contributed by atoms with E-state index in [-0.39, 0.29) is 41.2 Å². The van der Waals surface area contributed by atoms with E-state index >= 15 is 0 Å². The van der Waals surface area contributed by atoms with E-state index < -0.39 is 38.8 Å². The molecule has 3 aliphatic rings. The first kappa shape index (κ1) is 31.7. The van der Waals surface area contributed by atoms with Gasteiger partial charge in [0.05, 0.1) is 25.7 Å². The molecule has 8 nitrogen and oxygen atoms in total. The summed E-state index contributed by atoms with van der Waals surface area (Å²) in [5, 5.41) is 11.1. The molecule has 3 fully saturated rings. The van der Waals surface area contributed by atoms with Gasteiger partial charge in [-0.1, -0.05) is 34.3 Å². The Morgan fingerprint density at radius 2 is 1.89 bits per heavy atom. The molecule has 10 heteroatoms. The summed E-state index contributed by atoms with van der Waals surface area (Å²) in [4.78, 5) is 24.7. The van der Waals surface area contributed by atoms with Crippen LogP contribution in [0.15, 0.2) is 22.0 Å². The summed E-state index contributed by atoms with van der Waals surface area (Å²) in [6.45, 7) is 16.9. The lowest BCUT2D eigenvalue weighted by Gasteiger charge is -2.50. The number of methoxy groups -OCH3 is 1. The van der Waals surface area contributed by atoms with E-state index in [1.807, 2.05) is 0 Å². The van der Waals surface area contributed by atoms with Gasteiger partial charge in [-0.2, -0.15) is 0 Å². The van der Waals surface area contributed by atoms with Gasteiger partial charge in [0.25, 0.3) is 0 Å². The number of fused-ring (bicyclic) bond motifs is 2. The van der Waals surface area contributed by atoms with Crippen LogP contribution in [-0.4, -0.2) is 75.0 Å². The van der Waals surface area contributed by atoms with Crippen molar-refractivity contribution < 1.29 is 38.1 Å². The third-order valence-electron chi connectivity index (χ3n) is 8.28. The first-order valence-corrected chi connectivity index (χ1v) is 17.6. The summed E-state index contributed by atoms with van der Waals surface area (Å²) in [6.07, 6.45) is 0.927. The number of aliphatic hydroxyl groups is 1. The van der Waals surface area contributed by atoms with Gasteiger partial charge in [0.1, 0.15) is 30.2 Å². The lowest BCUT2D eigenvalue weighted by Crippen LogP contribution is -2.64. The van der Waals surface area contributed by atoms with Gasteiger partial charge in [0.2, 0.25) is 0 Å². The number of ether oxygens (including phenoxy) is 4. The van der Waals surface area contributed by atoms with Crippen molar-refractivity contribution in [2.45, 2.75) is 127 Å². The topological polar surface area (TPSA) is 101 Å². The third-order valence-corrected chi connectivity index (χ3v) is 13.2. The van der Waals surface area contributed by atoms with Gasteiger partial charge >= 0.3 is 5.97 Å². The van der Waals surface area contributed by atoms with E-state index in [1.165, 1.54) is 13.2 Å². The second-order valence-electron chi connectivity index (χ2n) is 12.5. The van der Waals surface area contributed by atoms with Crippen LogP contribution in [0.5, 0.6) is 0 Å². The van der Waals surface area contributed by atoms with Gasteiger partial charge in [-0.15, -0.1) is 0 Å². The lowest BCUT2D eigenvalue weighted by atomic mass is 9.88. The molecule has 0 aliphatic carbocycles. The molecule has 0 spiro atoms. The van der Waals surface area contributed by atoms with Crippen LogP contribution in [0.2, 0.25) is 18.1 Å². The molecule has 5 unspecified atom stereocenters. The summed E-state index contributed by atoms with van der Waals surface area (Å²) in [5.41, 5.74) is 0. The van der Waals surface area contributed by atoms with E-state index in [0.29, 0.717) is 25.2 Å². The van der Waals surface area contributed by atoms with Crippen molar-refractivity contribution in [1.82, 2.24) is 0 Å². The van der Waals surface area contributed by atoms with Crippen molar-refractivity contribution in [3.8, 4) is 0 Å². The number of aliphatic hydroxyl groups excluding tert-OH is 1. The zero-order chi connectivity index (χ0) is 28.4. The monoisotopic (exact) mass is 664 g/mol. The predicted octanol–water partition coefficient (Wildman–Crippen LogP) is 5.22. The van der Waals surface area contributed by atoms with Crippen molar-refractivity contribution in [3.63, 3.8) is 0 Å². The molecule has 216 valence electrons. The Bertz CT molecular complexity index is 913. The van der Waals surface area contributed by atoms with Crippen molar-refractivity contribution in [2.24, 2.45) is 5.92 Å². The summed E-state index contributed by atoms with van der Waals surface area (Å²) in [6, 6.07) is 0. The molecule has 0 amide bonds. The highest BCUT2D eigenvalue weighted by Crippen LogP contribution is 2.45. The van der Waals surface area contributed by atoms with Crippen molar-refractivity contribution in [3.05, 3.63) is 22.0 Å². The Morgan fingerprint density at radius 1 is 1.21 bits per heavy atom. The second kappa shape index (κ2) is 12.8. The maximum atomic E-state index is 12.8. The number of carbonyl (C=O) groups is 2. The highest BCUT2D eigenvalue weighted by atomic mass is 127. The van der Waals surface area contributed by atoms with Crippen molar-refractivity contribution >= 4 is 42.7 Å². The zero-order valence-corrected chi connectivity index (χ0v) is 27.0. The SMILES string of the molecule is C=C(I)C[C@H](C)CCC(=O)/C=C1/OC2C(O[C@H]3CCC(CC(=O)OC)O[C@@H]3C2O[Si](C)(C)C(C)(C)C)C1O. The highest BCUT2D eigenvalue weighted by Gasteiger charge is 2.59. The molecular formula is C28H45IO8Si. The number of hydrogen-bond acceptors (Lipinski definition) is 8. The number of carbonyl (C=O) groups excluding carboxylic acids is 2. The van der Waals surface area contributed by atoms with Crippen LogP contribution in [0.3, 0.4) is 0 Å². The molecule has 3 heterocycles. The molecule has 1 N–H and O–H groups in total. The number of allylic oxidation sites excluding steroid dienone is 2. The van der Waals surface area contributed by atoms with E-state index in [0.717, 1.165) is 16.4 Å². The Balaban J connectivity index is 1.82. The molecule has 8 atom stereocenters. The fourth-order valence-corrected chi connectivity index (χ4v) is 7.10. The maximum Gasteiger partial charge on any atom is 0.308 e. The average Bonchev–Trinajstić information content (AvgIpc) is 3.11. The van der Waals surface area contributed by atoms with Crippen LogP contribution in [0.25, 0.3) is 0 Å². The maximum absolute atomic E-state index is 12.8. The predicted molar refractivity (Wildman–Crippen MR) is 155 cm³/mol. The molecule has 0 aromatic carbocycles. The molecule has 0 aromatic heterocycles. The zero-order valence-electron chi connectivity index (χ0n) is 23.8. The molecule has 3 aliphatic heterocycles. The van der Waals surface area contributed by atoms with Crippen LogP contribution >= 0.6 is 22.6 Å². The van der Waals surface area contributed by atoms with Gasteiger partial charge in [-0.05, 0) is 75.9 Å². The number of hydrogen-bond donors (Lipinski definition) is 1. The highest BCUT2D eigenvalue weighted by molar-refractivity contribution is 14.1. The van der Waals surface area contributed by atoms with E-state index in [9.17, 15) is 14.7 Å². The standard InChI is InChI=1S/C28H45IO8Si/c1-16(13-17(2)29)9-10-18(30)14-21-23(32)25-26(36-21)27(37-38(7,8)28(3,4)5)24-20(35-25)12-11-19(34-24)15-22(31)33-6/h14,16,19-20,23-27,32H,2,9-13,15H2,1,3-8H3/b21-14+/t16-,19?,20+,23?,24+,25?,26?,27?/m1/s1. The quantitative estimate of drug-likeness (QED) is 0.147. The first-order chi connectivity index (χ1) is 17.6. The first-order valence-electron chi connectivity index (χ1n) is 13.6. The van der Waals surface area contributed by atoms with Crippen LogP contribution < -0.4 is 0 Å². The van der Waals surface area contributed by atoms with Crippen molar-refractivity contribution in [2.75, 3.05) is 7.11 Å². The number of ketones is 1. The summed E-state index contributed by atoms with van der Waals surface area (Å²) < 4.78 is 31.8. The van der Waals surface area contributed by atoms with Crippen LogP contribution in [0, 0.1) is 5.92 Å². The minimum Gasteiger partial charge on any atom is -0.486 e. The molecule has 0 bridgehead atoms. The Hall–Kier alpha value is -0.793. The summed E-state index contributed by atoms with van der Waals surface area (Å²) in [5.74, 6) is 0.169. The largest absolute Gasteiger partial charge is 0.486 e. The fraction of sp³-hybridized carbons (Fsp3) is 0.786. The summed E-state index contributed by atoms with van der Waals surface area (Å²) in [7, 11) is -0.917. The second-order valence-corrected chi connectivity index (χ2v) is 18.7. The minimum absolute atomic E-state index is 0.0673. The normalized spacial score (nSPS) is 33.2. The number of halogens is 1. The molecule has 3 saturated heterocycles. The van der Waals surface area contributed by atoms with Gasteiger partial charge in [-0.25, -0.2) is 0 Å². The fourth-order valence-electron chi connectivity index (χ4n) is 5.05. The molecule has 3 rings (SSSR count). The van der Waals surface area contributed by atoms with Gasteiger partial charge in [-0.3, -0.25) is 9.59 Å². The van der Waals surface area contributed by atoms with Gasteiger partial charge in [0.15, 0.2) is 20.2 Å². The Morgan fingerprint density at radius 3 is 2.50 bits per heavy atom. The summed E-state index contributed by atoms with van der Waals surface area (Å²) >= 11 is 2.21. The lowest BCUT2D eigenvalue weighted by molar-refractivity contribution is -0.255. The third kappa shape index (κ3) is 7.69. The Labute approximate surface area is 242 Å². The van der Waals surface area contributed by atoms with Crippen LogP contribution in [-0.2, 0) is 33.0 Å². The van der Waals surface area contributed by atoms with E-state index in [1.54, 1.807) is 0 Å². The Kier molecular flexibility index (Phi) is 10.7. The minimum atomic E-state index is -2.29. The van der Waals surface area contributed by atoms with Gasteiger partial charge < -0.3 is 28.5 Å². The van der Waals surface area contributed by atoms with E-state index in [4.69, 9.17) is 23.4 Å². The van der Waals surface area contributed by atoms with E-state index in [2.05, 4.69) is 70.0 Å². The van der Waals surface area contributed by atoms with Crippen LogP contribution in [0.4, 0.5) is 0 Å². The molecular weight excluding hydrogens is 619 g/mol. The average molecular weight is 665 g/mol. The van der Waals surface area contributed by atoms with Crippen LogP contribution in [0.1, 0.15) is 66.2 Å². The van der Waals surface area contributed by atoms with Gasteiger partial charge in [0, 0.05) is 12.5 Å².